The second-order valence-electron chi connectivity index (χ2n) is 6.57. The van der Waals surface area contributed by atoms with Crippen LogP contribution in [0.3, 0.4) is 0 Å². The molecule has 30 heavy (non-hydrogen) atoms. The monoisotopic (exact) mass is 433 g/mol. The lowest BCUT2D eigenvalue weighted by Crippen LogP contribution is -2.36. The summed E-state index contributed by atoms with van der Waals surface area (Å²) in [6.45, 7) is 5.41. The molecule has 10 heteroatoms. The second kappa shape index (κ2) is 9.90. The molecule has 0 radical (unpaired) electrons. The maximum absolute atomic E-state index is 12.4. The van der Waals surface area contributed by atoms with Gasteiger partial charge in [0.05, 0.1) is 6.10 Å². The highest BCUT2D eigenvalue weighted by atomic mass is 32.2. The zero-order chi connectivity index (χ0) is 21.7. The third-order valence-corrected chi connectivity index (χ3v) is 5.48. The molecule has 0 aliphatic carbocycles. The van der Waals surface area contributed by atoms with Crippen molar-refractivity contribution in [2.45, 2.75) is 36.4 Å². The van der Waals surface area contributed by atoms with Gasteiger partial charge >= 0.3 is 11.8 Å². The summed E-state index contributed by atoms with van der Waals surface area (Å²) in [6, 6.07) is 9.71. The molecule has 0 saturated carbocycles. The van der Waals surface area contributed by atoms with Crippen LogP contribution in [-0.2, 0) is 9.47 Å². The van der Waals surface area contributed by atoms with Gasteiger partial charge in [-0.05, 0) is 19.1 Å². The van der Waals surface area contributed by atoms with E-state index in [1.54, 1.807) is 18.7 Å². The number of nitrogens with one attached hydrogen (secondary N) is 1. The summed E-state index contributed by atoms with van der Waals surface area (Å²) < 4.78 is 11.6. The third-order valence-electron chi connectivity index (χ3n) is 4.50. The van der Waals surface area contributed by atoms with Crippen molar-refractivity contribution in [3.63, 3.8) is 0 Å². The summed E-state index contributed by atoms with van der Waals surface area (Å²) >= 11 is 1.55. The van der Waals surface area contributed by atoms with Crippen LogP contribution in [0.1, 0.15) is 18.7 Å². The number of carbonyl (C=O) groups is 1. The Labute approximate surface area is 177 Å². The fourth-order valence-electron chi connectivity index (χ4n) is 2.92. The fraction of sp³-hybridized carbons (Fsp3) is 0.350. The van der Waals surface area contributed by atoms with Gasteiger partial charge in [-0.1, -0.05) is 30.9 Å². The molecule has 1 aromatic carbocycles. The van der Waals surface area contributed by atoms with Gasteiger partial charge in [0.15, 0.2) is 6.23 Å². The van der Waals surface area contributed by atoms with E-state index >= 15 is 0 Å². The lowest BCUT2D eigenvalue weighted by Gasteiger charge is -2.18. The van der Waals surface area contributed by atoms with Gasteiger partial charge in [0.2, 0.25) is 0 Å². The summed E-state index contributed by atoms with van der Waals surface area (Å²) in [5, 5.41) is 22.4. The van der Waals surface area contributed by atoms with Crippen molar-refractivity contribution in [1.29, 1.82) is 0 Å². The Balaban J connectivity index is 1.62. The highest BCUT2D eigenvalue weighted by Gasteiger charge is 2.42. The number of anilines is 1. The standard InChI is InChI=1S/C20H23N3O6S/c1-3-13-11-23(18-16(25)15(24)12(2)29-18)19(26)21-17(13)22-20(27)28-9-10-30-14-7-5-4-6-8-14/h3-8,11-12,15-16,18,24-25H,1,9-10H2,2H3,(H,21,22,26,27)/t12-,15-,16-,18-/m1/s1. The highest BCUT2D eigenvalue weighted by Crippen LogP contribution is 2.28. The van der Waals surface area contributed by atoms with Gasteiger partial charge in [-0.3, -0.25) is 9.88 Å². The van der Waals surface area contributed by atoms with Crippen LogP contribution in [0.15, 0.2) is 52.8 Å². The summed E-state index contributed by atoms with van der Waals surface area (Å²) in [5.74, 6) is 0.547. The Morgan fingerprint density at radius 3 is 2.73 bits per heavy atom. The van der Waals surface area contributed by atoms with Crippen LogP contribution in [0, 0.1) is 0 Å². The maximum Gasteiger partial charge on any atom is 0.412 e. The predicted molar refractivity (Wildman–Crippen MR) is 112 cm³/mol. The molecular weight excluding hydrogens is 410 g/mol. The van der Waals surface area contributed by atoms with E-state index in [1.807, 2.05) is 30.3 Å². The molecule has 4 atom stereocenters. The Bertz CT molecular complexity index is 951. The Kier molecular flexibility index (Phi) is 7.27. The van der Waals surface area contributed by atoms with E-state index < -0.39 is 36.3 Å². The van der Waals surface area contributed by atoms with Gasteiger partial charge in [-0.2, -0.15) is 4.98 Å². The first-order chi connectivity index (χ1) is 14.4. The number of carbonyl (C=O) groups excluding carboxylic acids is 1. The van der Waals surface area contributed by atoms with Crippen molar-refractivity contribution in [2.24, 2.45) is 0 Å². The van der Waals surface area contributed by atoms with E-state index in [2.05, 4.69) is 16.9 Å². The van der Waals surface area contributed by atoms with Crippen molar-refractivity contribution in [3.05, 3.63) is 59.2 Å². The molecule has 1 amide bonds. The molecule has 3 N–H and O–H groups in total. The molecule has 160 valence electrons. The molecule has 1 aliphatic heterocycles. The zero-order valence-electron chi connectivity index (χ0n) is 16.3. The minimum Gasteiger partial charge on any atom is -0.448 e. The van der Waals surface area contributed by atoms with E-state index in [0.717, 1.165) is 9.46 Å². The molecule has 0 spiro atoms. The second-order valence-corrected chi connectivity index (χ2v) is 7.74. The molecule has 3 rings (SSSR count). The smallest absolute Gasteiger partial charge is 0.412 e. The first kappa shape index (κ1) is 22.0. The number of aliphatic hydroxyl groups excluding tert-OH is 2. The molecule has 1 fully saturated rings. The van der Waals surface area contributed by atoms with E-state index in [1.165, 1.54) is 12.3 Å². The summed E-state index contributed by atoms with van der Waals surface area (Å²) in [6.07, 6.45) is -2.17. The molecule has 1 aliphatic rings. The van der Waals surface area contributed by atoms with E-state index in [0.29, 0.717) is 11.3 Å². The molecule has 1 aromatic heterocycles. The van der Waals surface area contributed by atoms with Crippen LogP contribution in [0.5, 0.6) is 0 Å². The fourth-order valence-corrected chi connectivity index (χ4v) is 3.67. The highest BCUT2D eigenvalue weighted by molar-refractivity contribution is 7.99. The van der Waals surface area contributed by atoms with Crippen molar-refractivity contribution >= 4 is 29.7 Å². The van der Waals surface area contributed by atoms with Crippen LogP contribution >= 0.6 is 11.8 Å². The van der Waals surface area contributed by atoms with Crippen molar-refractivity contribution in [3.8, 4) is 0 Å². The number of benzene rings is 1. The number of ether oxygens (including phenoxy) is 2. The van der Waals surface area contributed by atoms with Crippen LogP contribution in [0.4, 0.5) is 10.6 Å². The molecule has 1 saturated heterocycles. The summed E-state index contributed by atoms with van der Waals surface area (Å²) in [4.78, 5) is 29.4. The van der Waals surface area contributed by atoms with Crippen LogP contribution in [0.2, 0.25) is 0 Å². The number of amides is 1. The quantitative estimate of drug-likeness (QED) is 0.447. The van der Waals surface area contributed by atoms with Crippen molar-refractivity contribution in [2.75, 3.05) is 17.7 Å². The normalized spacial score (nSPS) is 23.2. The third kappa shape index (κ3) is 5.08. The first-order valence-corrected chi connectivity index (χ1v) is 10.3. The van der Waals surface area contributed by atoms with Gasteiger partial charge in [-0.25, -0.2) is 9.59 Å². The minimum atomic E-state index is -1.29. The predicted octanol–water partition coefficient (Wildman–Crippen LogP) is 1.87. The maximum atomic E-state index is 12.4. The zero-order valence-corrected chi connectivity index (χ0v) is 17.1. The Morgan fingerprint density at radius 1 is 1.37 bits per heavy atom. The van der Waals surface area contributed by atoms with Gasteiger partial charge in [0, 0.05) is 22.4 Å². The topological polar surface area (TPSA) is 123 Å². The molecular formula is C20H23N3O6S. The number of hydrogen-bond acceptors (Lipinski definition) is 8. The van der Waals surface area contributed by atoms with E-state index in [-0.39, 0.29) is 12.4 Å². The number of nitrogens with zero attached hydrogens (tertiary/aromatic N) is 2. The lowest BCUT2D eigenvalue weighted by molar-refractivity contribution is -0.0350. The Morgan fingerprint density at radius 2 is 2.10 bits per heavy atom. The number of aliphatic hydroxyl groups is 2. The van der Waals surface area contributed by atoms with Crippen molar-refractivity contribution < 1.29 is 24.5 Å². The van der Waals surface area contributed by atoms with Crippen LogP contribution in [-0.4, -0.2) is 56.5 Å². The number of rotatable bonds is 7. The van der Waals surface area contributed by atoms with Gasteiger partial charge in [0.1, 0.15) is 24.6 Å². The van der Waals surface area contributed by atoms with Crippen LogP contribution in [0.25, 0.3) is 6.08 Å². The van der Waals surface area contributed by atoms with Crippen LogP contribution < -0.4 is 11.0 Å². The van der Waals surface area contributed by atoms with Gasteiger partial charge in [-0.15, -0.1) is 11.8 Å². The summed E-state index contributed by atoms with van der Waals surface area (Å²) in [7, 11) is 0. The van der Waals surface area contributed by atoms with Gasteiger partial charge in [0.25, 0.3) is 0 Å². The average molecular weight is 433 g/mol. The van der Waals surface area contributed by atoms with E-state index in [4.69, 9.17) is 9.47 Å². The number of hydrogen-bond donors (Lipinski definition) is 3. The molecule has 0 unspecified atom stereocenters. The minimum absolute atomic E-state index is 0.0203. The van der Waals surface area contributed by atoms with Crippen molar-refractivity contribution in [1.82, 2.24) is 9.55 Å². The molecule has 2 aromatic rings. The Hall–Kier alpha value is -2.66. The molecule has 0 bridgehead atoms. The lowest BCUT2D eigenvalue weighted by atomic mass is 10.1. The molecule has 2 heterocycles. The first-order valence-electron chi connectivity index (χ1n) is 9.29. The van der Waals surface area contributed by atoms with Gasteiger partial charge < -0.3 is 19.7 Å². The average Bonchev–Trinajstić information content (AvgIpc) is 2.99. The molecule has 9 nitrogen and oxygen atoms in total. The largest absolute Gasteiger partial charge is 0.448 e. The summed E-state index contributed by atoms with van der Waals surface area (Å²) in [5.41, 5.74) is -0.434. The number of aromatic nitrogens is 2. The SMILES string of the molecule is C=Cc1cn([C@@H]2O[C@H](C)[C@@H](O)[C@H]2O)c(=O)nc1NC(=O)OCCSc1ccccc1. The van der Waals surface area contributed by atoms with E-state index in [9.17, 15) is 19.8 Å². The number of thioether (sulfide) groups is 1.